The van der Waals surface area contributed by atoms with Crippen molar-refractivity contribution in [3.63, 3.8) is 0 Å². The summed E-state index contributed by atoms with van der Waals surface area (Å²) in [5, 5.41) is 27.8. The van der Waals surface area contributed by atoms with Crippen LogP contribution in [0.3, 0.4) is 0 Å². The fourth-order valence-electron chi connectivity index (χ4n) is 8.76. The van der Waals surface area contributed by atoms with Crippen LogP contribution in [0, 0.1) is 17.3 Å². The minimum absolute atomic E-state index is 0.0200. The van der Waals surface area contributed by atoms with Gasteiger partial charge in [-0.2, -0.15) is 0 Å². The number of hydrogen-bond acceptors (Lipinski definition) is 16. The van der Waals surface area contributed by atoms with E-state index in [0.29, 0.717) is 5.94 Å². The molecule has 1 aromatic rings. The predicted octanol–water partition coefficient (Wildman–Crippen LogP) is 6.14. The van der Waals surface area contributed by atoms with Gasteiger partial charge >= 0.3 is 24.0 Å². The zero-order chi connectivity index (χ0) is 46.4. The molecular weight excluding hydrogens is 843 g/mol. The van der Waals surface area contributed by atoms with Gasteiger partial charge in [0.2, 0.25) is 5.78 Å². The molecule has 0 aromatic heterocycles. The van der Waals surface area contributed by atoms with E-state index in [1.54, 1.807) is 85.1 Å². The van der Waals surface area contributed by atoms with E-state index in [0.717, 1.165) is 0 Å². The number of amides is 1. The minimum Gasteiger partial charge on any atom is -0.479 e. The van der Waals surface area contributed by atoms with Gasteiger partial charge < -0.3 is 48.7 Å². The third-order valence-electron chi connectivity index (χ3n) is 11.6. The number of fused-ring (bicyclic) bond motifs is 2. The van der Waals surface area contributed by atoms with Gasteiger partial charge in [-0.1, -0.05) is 45.9 Å². The number of esters is 3. The number of rotatable bonds is 18. The van der Waals surface area contributed by atoms with Crippen molar-refractivity contribution < 1.29 is 67.3 Å². The normalized spacial score (nSPS) is 28.1. The summed E-state index contributed by atoms with van der Waals surface area (Å²) in [6.45, 7) is 16.5. The average Bonchev–Trinajstić information content (AvgIpc) is 3.17. The maximum Gasteiger partial charge on any atom is 0.407 e. The van der Waals surface area contributed by atoms with Gasteiger partial charge in [0, 0.05) is 30.8 Å². The second-order valence-electron chi connectivity index (χ2n) is 18.1. The first-order chi connectivity index (χ1) is 28.9. The molecule has 1 fully saturated rings. The van der Waals surface area contributed by atoms with Crippen LogP contribution in [0.5, 0.6) is 0 Å². The Hall–Kier alpha value is -3.61. The van der Waals surface area contributed by atoms with E-state index in [1.165, 1.54) is 30.4 Å². The van der Waals surface area contributed by atoms with Gasteiger partial charge in [0.15, 0.2) is 17.5 Å². The summed E-state index contributed by atoms with van der Waals surface area (Å²) in [5.74, 6) is -4.37. The van der Waals surface area contributed by atoms with E-state index in [2.05, 4.69) is 5.32 Å². The van der Waals surface area contributed by atoms with E-state index in [9.17, 15) is 29.4 Å². The number of Topliss-reactive ketones (excluding diaryl/α,β-unsaturated/α-hetero) is 1. The molecule has 346 valence electrons. The van der Waals surface area contributed by atoms with Crippen molar-refractivity contribution in [2.45, 2.75) is 136 Å². The third kappa shape index (κ3) is 11.2. The molecule has 8 atom stereocenters. The van der Waals surface area contributed by atoms with Crippen LogP contribution in [0.15, 0.2) is 52.8 Å². The van der Waals surface area contributed by atoms with Crippen molar-refractivity contribution in [3.8, 4) is 0 Å². The Kier molecular flexibility index (Phi) is 17.2. The van der Waals surface area contributed by atoms with Crippen molar-refractivity contribution in [2.24, 2.45) is 17.3 Å². The molecule has 3 N–H and O–H groups in total. The van der Waals surface area contributed by atoms with Crippen LogP contribution in [0.25, 0.3) is 0 Å². The van der Waals surface area contributed by atoms with Gasteiger partial charge in [0.05, 0.1) is 36.7 Å². The molecule has 1 unspecified atom stereocenters. The standard InChI is InChI=1S/C45H65NO14S2/c1-25(2)20-30(46-41(52)60-42(6,7)8)35(48)40(51)57-31-21-45(53)38(58-39(50)29-16-14-13-15-17-29)34(44(59-28(5)47)22-55-32(44)18-19-54-23-61-11)27(4)37(56-24-62-12)36(49)33(26(31)3)43(45,9)10/h13-17,25,30-32,34-35,38,48,53H,18-24H2,1-12H3,(H,46,52)/b37-27+/t30-,31-,32+,34?,35+,38-,44-,45+/m0/s1. The Morgan fingerprint density at radius 1 is 1.00 bits per heavy atom. The summed E-state index contributed by atoms with van der Waals surface area (Å²) < 4.78 is 42.4. The van der Waals surface area contributed by atoms with Gasteiger partial charge in [-0.3, -0.25) is 9.59 Å². The van der Waals surface area contributed by atoms with E-state index >= 15 is 4.79 Å². The van der Waals surface area contributed by atoms with Gasteiger partial charge in [0.1, 0.15) is 35.5 Å². The molecule has 1 heterocycles. The molecule has 1 amide bonds. The smallest absolute Gasteiger partial charge is 0.407 e. The number of benzene rings is 1. The number of aliphatic hydroxyl groups excluding tert-OH is 1. The lowest BCUT2D eigenvalue weighted by molar-refractivity contribution is -0.295. The Morgan fingerprint density at radius 3 is 2.19 bits per heavy atom. The molecular formula is C45H65NO14S2. The van der Waals surface area contributed by atoms with Crippen LogP contribution in [0.1, 0.15) is 98.9 Å². The van der Waals surface area contributed by atoms with Crippen molar-refractivity contribution in [3.05, 3.63) is 58.4 Å². The molecule has 0 spiro atoms. The molecule has 0 saturated carbocycles. The maximum atomic E-state index is 15.2. The molecule has 1 aromatic carbocycles. The number of carbonyl (C=O) groups is 5. The number of thioether (sulfide) groups is 2. The van der Waals surface area contributed by atoms with E-state index in [4.69, 9.17) is 33.2 Å². The monoisotopic (exact) mass is 907 g/mol. The summed E-state index contributed by atoms with van der Waals surface area (Å²) >= 11 is 2.78. The van der Waals surface area contributed by atoms with Gasteiger partial charge in [-0.05, 0) is 82.7 Å². The number of allylic oxidation sites excluding steroid dienone is 1. The van der Waals surface area contributed by atoms with Crippen molar-refractivity contribution >= 4 is 53.3 Å². The maximum absolute atomic E-state index is 15.2. The Balaban J connectivity index is 1.97. The largest absolute Gasteiger partial charge is 0.479 e. The Labute approximate surface area is 373 Å². The summed E-state index contributed by atoms with van der Waals surface area (Å²) in [6.07, 6.45) is -2.98. The average molecular weight is 908 g/mol. The fourth-order valence-corrected chi connectivity index (χ4v) is 9.28. The quantitative estimate of drug-likeness (QED) is 0.0656. The molecule has 1 aliphatic heterocycles. The number of aliphatic hydroxyl groups is 2. The van der Waals surface area contributed by atoms with Crippen LogP contribution in [-0.4, -0.2) is 125 Å². The highest BCUT2D eigenvalue weighted by molar-refractivity contribution is 7.98. The molecule has 0 radical (unpaired) electrons. The first-order valence-corrected chi connectivity index (χ1v) is 23.6. The van der Waals surface area contributed by atoms with Gasteiger partial charge in [-0.25, -0.2) is 14.4 Å². The Bertz CT molecular complexity index is 1860. The second-order valence-corrected chi connectivity index (χ2v) is 19.7. The van der Waals surface area contributed by atoms with Crippen LogP contribution >= 0.6 is 23.5 Å². The highest BCUT2D eigenvalue weighted by atomic mass is 32.2. The van der Waals surface area contributed by atoms with Crippen molar-refractivity contribution in [1.82, 2.24) is 5.32 Å². The number of carbonyl (C=O) groups excluding carboxylic acids is 5. The lowest BCUT2D eigenvalue weighted by Crippen LogP contribution is -2.73. The first kappa shape index (κ1) is 51.0. The summed E-state index contributed by atoms with van der Waals surface area (Å²) in [7, 11) is 0. The van der Waals surface area contributed by atoms with Gasteiger partial charge in [-0.15, -0.1) is 23.5 Å². The predicted molar refractivity (Wildman–Crippen MR) is 234 cm³/mol. The zero-order valence-electron chi connectivity index (χ0n) is 38.0. The molecule has 1 saturated heterocycles. The van der Waals surface area contributed by atoms with E-state index in [-0.39, 0.29) is 66.0 Å². The van der Waals surface area contributed by atoms with Gasteiger partial charge in [0.25, 0.3) is 0 Å². The molecule has 2 bridgehead atoms. The van der Waals surface area contributed by atoms with Crippen LogP contribution in [0.4, 0.5) is 4.79 Å². The minimum atomic E-state index is -2.26. The number of nitrogens with one attached hydrogen (secondary N) is 1. The zero-order valence-corrected chi connectivity index (χ0v) is 39.6. The van der Waals surface area contributed by atoms with Crippen molar-refractivity contribution in [2.75, 3.05) is 37.6 Å². The Morgan fingerprint density at radius 2 is 1.65 bits per heavy atom. The lowest BCUT2D eigenvalue weighted by Gasteiger charge is -2.60. The summed E-state index contributed by atoms with van der Waals surface area (Å²) in [6, 6.07) is 7.01. The van der Waals surface area contributed by atoms with Crippen LogP contribution < -0.4 is 5.32 Å². The lowest BCUT2D eigenvalue weighted by atomic mass is 9.53. The number of ether oxygens (including phenoxy) is 7. The molecule has 15 nitrogen and oxygen atoms in total. The molecule has 17 heteroatoms. The highest BCUT2D eigenvalue weighted by Crippen LogP contribution is 2.58. The number of alkyl carbamates (subject to hydrolysis) is 1. The molecule has 4 rings (SSSR count). The molecule has 62 heavy (non-hydrogen) atoms. The van der Waals surface area contributed by atoms with Crippen molar-refractivity contribution in [1.29, 1.82) is 0 Å². The van der Waals surface area contributed by atoms with E-state index < -0.39 is 94.8 Å². The third-order valence-corrected chi connectivity index (χ3v) is 12.4. The highest BCUT2D eigenvalue weighted by Gasteiger charge is 2.70. The topological polar surface area (TPSA) is 202 Å². The summed E-state index contributed by atoms with van der Waals surface area (Å²) in [5.41, 5.74) is -5.63. The number of ketones is 1. The molecule has 3 aliphatic rings. The first-order valence-electron chi connectivity index (χ1n) is 20.8. The van der Waals surface area contributed by atoms with E-state index in [1.807, 2.05) is 20.1 Å². The second kappa shape index (κ2) is 20.9. The molecule has 2 aliphatic carbocycles. The number of hydrogen-bond donors (Lipinski definition) is 3. The SMILES string of the molecule is CSCOCC[C@H]1OC[C@@]1(OC(C)=O)C1/C(C)=C(/OCSC)C(=O)C2=C(C)[C@@H](OC(=O)[C@H](O)[C@H](CC(C)C)NC(=O)OC(C)(C)C)C[C@@](O)([C@H]1OC(=O)c1ccccc1)C2(C)C. The van der Waals surface area contributed by atoms with Crippen LogP contribution in [0.2, 0.25) is 0 Å². The summed E-state index contributed by atoms with van der Waals surface area (Å²) in [4.78, 5) is 69.7. The fraction of sp³-hybridized carbons (Fsp3) is 0.667. The van der Waals surface area contributed by atoms with Crippen LogP contribution in [-0.2, 0) is 47.5 Å².